The molecule has 0 spiro atoms. The van der Waals surface area contributed by atoms with Gasteiger partial charge in [-0.05, 0) is 12.8 Å². The molecule has 3 rings (SSSR count). The molecule has 1 aromatic heterocycles. The average Bonchev–Trinajstić information content (AvgIpc) is 2.98. The fraction of sp³-hybridized carbons (Fsp3) is 0.769. The van der Waals surface area contributed by atoms with E-state index in [2.05, 4.69) is 10.00 Å². The lowest BCUT2D eigenvalue weighted by Gasteiger charge is -2.39. The molecule has 5 nitrogen and oxygen atoms in total. The maximum Gasteiger partial charge on any atom is 0.153 e. The van der Waals surface area contributed by atoms with Crippen LogP contribution in [0.5, 0.6) is 0 Å². The van der Waals surface area contributed by atoms with Crippen molar-refractivity contribution in [3.8, 4) is 0 Å². The van der Waals surface area contributed by atoms with Crippen LogP contribution in [0.4, 0.5) is 0 Å². The van der Waals surface area contributed by atoms with Crippen LogP contribution in [0, 0.1) is 0 Å². The molecule has 19 heavy (non-hydrogen) atoms. The molecular formula is C13H21N3O2S. The highest BCUT2D eigenvalue weighted by atomic mass is 32.2. The highest BCUT2D eigenvalue weighted by molar-refractivity contribution is 7.91. The molecule has 2 heterocycles. The van der Waals surface area contributed by atoms with Gasteiger partial charge in [0.25, 0.3) is 0 Å². The molecule has 0 amide bonds. The molecule has 1 aromatic rings. The van der Waals surface area contributed by atoms with E-state index in [1.54, 1.807) is 4.68 Å². The summed E-state index contributed by atoms with van der Waals surface area (Å²) in [6.07, 6.45) is 8.72. The van der Waals surface area contributed by atoms with E-state index in [0.29, 0.717) is 18.3 Å². The SMILES string of the molecule is Cn1cc(C2CS(=O)(=O)CCN2C2CCCC2)cn1. The molecule has 1 saturated heterocycles. The van der Waals surface area contributed by atoms with Crippen molar-refractivity contribution in [2.24, 2.45) is 7.05 Å². The minimum Gasteiger partial charge on any atom is -0.291 e. The number of hydrogen-bond acceptors (Lipinski definition) is 4. The molecule has 0 bridgehead atoms. The molecule has 1 saturated carbocycles. The number of aryl methyl sites for hydroxylation is 1. The molecule has 106 valence electrons. The van der Waals surface area contributed by atoms with Gasteiger partial charge < -0.3 is 0 Å². The van der Waals surface area contributed by atoms with Gasteiger partial charge in [-0.3, -0.25) is 9.58 Å². The van der Waals surface area contributed by atoms with Gasteiger partial charge in [0.05, 0.1) is 23.7 Å². The molecule has 2 fully saturated rings. The predicted octanol–water partition coefficient (Wildman–Crippen LogP) is 1.13. The van der Waals surface area contributed by atoms with Gasteiger partial charge in [0.15, 0.2) is 9.84 Å². The summed E-state index contributed by atoms with van der Waals surface area (Å²) in [4.78, 5) is 2.41. The lowest BCUT2D eigenvalue weighted by Crippen LogP contribution is -2.47. The topological polar surface area (TPSA) is 55.2 Å². The third kappa shape index (κ3) is 2.69. The second-order valence-electron chi connectivity index (χ2n) is 5.75. The van der Waals surface area contributed by atoms with E-state index in [1.807, 2.05) is 19.4 Å². The summed E-state index contributed by atoms with van der Waals surface area (Å²) < 4.78 is 25.6. The molecular weight excluding hydrogens is 262 g/mol. The Balaban J connectivity index is 1.89. The van der Waals surface area contributed by atoms with Gasteiger partial charge in [-0.25, -0.2) is 8.42 Å². The highest BCUT2D eigenvalue weighted by Gasteiger charge is 2.37. The quantitative estimate of drug-likeness (QED) is 0.816. The zero-order chi connectivity index (χ0) is 13.5. The van der Waals surface area contributed by atoms with Crippen molar-refractivity contribution in [3.63, 3.8) is 0 Å². The van der Waals surface area contributed by atoms with Crippen molar-refractivity contribution in [2.75, 3.05) is 18.1 Å². The smallest absolute Gasteiger partial charge is 0.153 e. The van der Waals surface area contributed by atoms with Crippen molar-refractivity contribution in [1.29, 1.82) is 0 Å². The van der Waals surface area contributed by atoms with E-state index >= 15 is 0 Å². The van der Waals surface area contributed by atoms with Gasteiger partial charge in [0, 0.05) is 31.4 Å². The van der Waals surface area contributed by atoms with Crippen LogP contribution in [0.25, 0.3) is 0 Å². The fourth-order valence-electron chi connectivity index (χ4n) is 3.39. The Morgan fingerprint density at radius 1 is 1.32 bits per heavy atom. The van der Waals surface area contributed by atoms with Gasteiger partial charge in [-0.2, -0.15) is 5.10 Å². The molecule has 6 heteroatoms. The molecule has 0 radical (unpaired) electrons. The molecule has 1 aliphatic carbocycles. The summed E-state index contributed by atoms with van der Waals surface area (Å²) in [5, 5.41) is 4.20. The van der Waals surface area contributed by atoms with Crippen LogP contribution < -0.4 is 0 Å². The van der Waals surface area contributed by atoms with Crippen molar-refractivity contribution in [2.45, 2.75) is 37.8 Å². The Hall–Kier alpha value is -0.880. The van der Waals surface area contributed by atoms with Gasteiger partial charge in [0.1, 0.15) is 0 Å². The normalized spacial score (nSPS) is 28.8. The Labute approximate surface area is 114 Å². The monoisotopic (exact) mass is 283 g/mol. The summed E-state index contributed by atoms with van der Waals surface area (Å²) >= 11 is 0. The molecule has 0 aromatic carbocycles. The van der Waals surface area contributed by atoms with Gasteiger partial charge in [-0.15, -0.1) is 0 Å². The summed E-state index contributed by atoms with van der Waals surface area (Å²) in [6, 6.07) is 0.552. The zero-order valence-corrected chi connectivity index (χ0v) is 12.1. The summed E-state index contributed by atoms with van der Waals surface area (Å²) in [5.41, 5.74) is 1.04. The van der Waals surface area contributed by atoms with Gasteiger partial charge in [0.2, 0.25) is 0 Å². The lowest BCUT2D eigenvalue weighted by molar-refractivity contribution is 0.149. The van der Waals surface area contributed by atoms with Crippen molar-refractivity contribution in [3.05, 3.63) is 18.0 Å². The van der Waals surface area contributed by atoms with Crippen LogP contribution in [-0.4, -0.2) is 47.2 Å². The molecule has 1 atom stereocenters. The van der Waals surface area contributed by atoms with Crippen LogP contribution in [0.3, 0.4) is 0 Å². The van der Waals surface area contributed by atoms with Crippen LogP contribution in [0.1, 0.15) is 37.3 Å². The van der Waals surface area contributed by atoms with Crippen LogP contribution in [-0.2, 0) is 16.9 Å². The first-order valence-electron chi connectivity index (χ1n) is 7.00. The third-order valence-corrected chi connectivity index (χ3v) is 6.00. The van der Waals surface area contributed by atoms with E-state index in [9.17, 15) is 8.42 Å². The number of aromatic nitrogens is 2. The molecule has 1 aliphatic heterocycles. The number of sulfone groups is 1. The first kappa shape index (κ1) is 13.1. The fourth-order valence-corrected chi connectivity index (χ4v) is 4.91. The van der Waals surface area contributed by atoms with Crippen LogP contribution >= 0.6 is 0 Å². The van der Waals surface area contributed by atoms with E-state index in [1.165, 1.54) is 25.7 Å². The Morgan fingerprint density at radius 3 is 2.68 bits per heavy atom. The maximum absolute atomic E-state index is 11.9. The van der Waals surface area contributed by atoms with E-state index in [-0.39, 0.29) is 11.8 Å². The minimum absolute atomic E-state index is 0.00412. The number of nitrogens with zero attached hydrogens (tertiary/aromatic N) is 3. The zero-order valence-electron chi connectivity index (χ0n) is 11.3. The predicted molar refractivity (Wildman–Crippen MR) is 73.6 cm³/mol. The maximum atomic E-state index is 11.9. The summed E-state index contributed by atoms with van der Waals surface area (Å²) in [5.74, 6) is 0.551. The van der Waals surface area contributed by atoms with Crippen LogP contribution in [0.15, 0.2) is 12.4 Å². The van der Waals surface area contributed by atoms with Crippen LogP contribution in [0.2, 0.25) is 0 Å². The lowest BCUT2D eigenvalue weighted by atomic mass is 10.1. The highest BCUT2D eigenvalue weighted by Crippen LogP contribution is 2.34. The summed E-state index contributed by atoms with van der Waals surface area (Å²) in [6.45, 7) is 0.673. The van der Waals surface area contributed by atoms with Crippen molar-refractivity contribution >= 4 is 9.84 Å². The second kappa shape index (κ2) is 4.90. The number of rotatable bonds is 2. The average molecular weight is 283 g/mol. The molecule has 1 unspecified atom stereocenters. The first-order chi connectivity index (χ1) is 9.05. The third-order valence-electron chi connectivity index (χ3n) is 4.38. The standard InChI is InChI=1S/C13H21N3O2S/c1-15-9-11(8-14-15)13-10-19(17,18)7-6-16(13)12-4-2-3-5-12/h8-9,12-13H,2-7,10H2,1H3. The van der Waals surface area contributed by atoms with E-state index < -0.39 is 9.84 Å². The molecule has 0 N–H and O–H groups in total. The van der Waals surface area contributed by atoms with Crippen molar-refractivity contribution < 1.29 is 8.42 Å². The summed E-state index contributed by atoms with van der Waals surface area (Å²) in [7, 11) is -1.04. The van der Waals surface area contributed by atoms with Gasteiger partial charge >= 0.3 is 0 Å². The first-order valence-corrected chi connectivity index (χ1v) is 8.82. The van der Waals surface area contributed by atoms with Gasteiger partial charge in [-0.1, -0.05) is 12.8 Å². The van der Waals surface area contributed by atoms with E-state index in [0.717, 1.165) is 5.56 Å². The Bertz CT molecular complexity index is 546. The Kier molecular flexibility index (Phi) is 3.39. The minimum atomic E-state index is -2.91. The largest absolute Gasteiger partial charge is 0.291 e. The number of hydrogen-bond donors (Lipinski definition) is 0. The van der Waals surface area contributed by atoms with E-state index in [4.69, 9.17) is 0 Å². The molecule has 2 aliphatic rings. The Morgan fingerprint density at radius 2 is 2.05 bits per heavy atom. The second-order valence-corrected chi connectivity index (χ2v) is 7.98. The van der Waals surface area contributed by atoms with Crippen molar-refractivity contribution in [1.82, 2.24) is 14.7 Å².